The average Bonchev–Trinajstić information content (AvgIpc) is 3.15. The Labute approximate surface area is 167 Å². The standard InChI is InChI=1S/C21H22F3N5/c1-2-26-21(27-12-15-9-14(11-25)3-5-18(15)23)28-17-7-8-29(13-17)20-6-4-16(22)10-19(20)24/h3-6,9-10,17H,2,7-8,12-13H2,1H3,(H2,26,27,28). The minimum Gasteiger partial charge on any atom is -0.367 e. The normalized spacial score (nSPS) is 16.6. The lowest BCUT2D eigenvalue weighted by atomic mass is 10.1. The van der Waals surface area contributed by atoms with E-state index in [-0.39, 0.29) is 12.6 Å². The molecule has 1 atom stereocenters. The van der Waals surface area contributed by atoms with Gasteiger partial charge in [-0.25, -0.2) is 18.2 Å². The van der Waals surface area contributed by atoms with Crippen LogP contribution in [0.25, 0.3) is 0 Å². The number of benzene rings is 2. The molecule has 1 fully saturated rings. The third-order valence-electron chi connectivity index (χ3n) is 4.71. The molecule has 1 unspecified atom stereocenters. The summed E-state index contributed by atoms with van der Waals surface area (Å²) in [5, 5.41) is 15.4. The van der Waals surface area contributed by atoms with Gasteiger partial charge in [-0.15, -0.1) is 0 Å². The maximum atomic E-state index is 14.0. The van der Waals surface area contributed by atoms with Crippen molar-refractivity contribution in [3.63, 3.8) is 0 Å². The monoisotopic (exact) mass is 401 g/mol. The van der Waals surface area contributed by atoms with Crippen molar-refractivity contribution < 1.29 is 13.2 Å². The summed E-state index contributed by atoms with van der Waals surface area (Å²) >= 11 is 0. The molecule has 2 N–H and O–H groups in total. The largest absolute Gasteiger partial charge is 0.367 e. The number of hydrogen-bond acceptors (Lipinski definition) is 3. The highest BCUT2D eigenvalue weighted by atomic mass is 19.1. The van der Waals surface area contributed by atoms with Crippen molar-refractivity contribution >= 4 is 11.6 Å². The summed E-state index contributed by atoms with van der Waals surface area (Å²) in [7, 11) is 0. The van der Waals surface area contributed by atoms with Crippen molar-refractivity contribution in [3.8, 4) is 6.07 Å². The van der Waals surface area contributed by atoms with E-state index in [1.807, 2.05) is 17.9 Å². The van der Waals surface area contributed by atoms with Crippen LogP contribution in [-0.4, -0.2) is 31.6 Å². The zero-order valence-corrected chi connectivity index (χ0v) is 16.1. The Morgan fingerprint density at radius 3 is 2.76 bits per heavy atom. The van der Waals surface area contributed by atoms with E-state index in [9.17, 15) is 13.2 Å². The molecule has 0 aliphatic carbocycles. The van der Waals surface area contributed by atoms with Crippen LogP contribution in [0.15, 0.2) is 41.4 Å². The Morgan fingerprint density at radius 1 is 1.21 bits per heavy atom. The fraction of sp³-hybridized carbons (Fsp3) is 0.333. The summed E-state index contributed by atoms with van der Waals surface area (Å²) in [6, 6.07) is 9.73. The first kappa shape index (κ1) is 20.5. The van der Waals surface area contributed by atoms with Crippen LogP contribution in [0.3, 0.4) is 0 Å². The van der Waals surface area contributed by atoms with Gasteiger partial charge in [0.15, 0.2) is 5.96 Å². The van der Waals surface area contributed by atoms with Crippen LogP contribution in [0.1, 0.15) is 24.5 Å². The van der Waals surface area contributed by atoms with E-state index in [4.69, 9.17) is 5.26 Å². The first-order chi connectivity index (χ1) is 14.0. The Morgan fingerprint density at radius 2 is 2.03 bits per heavy atom. The second-order valence-electron chi connectivity index (χ2n) is 6.78. The molecule has 1 aliphatic rings. The Bertz CT molecular complexity index is 938. The molecule has 8 heteroatoms. The lowest BCUT2D eigenvalue weighted by molar-refractivity contribution is 0.580. The van der Waals surface area contributed by atoms with Gasteiger partial charge in [0.25, 0.3) is 0 Å². The van der Waals surface area contributed by atoms with Crippen LogP contribution in [0.2, 0.25) is 0 Å². The van der Waals surface area contributed by atoms with Crippen LogP contribution in [-0.2, 0) is 6.54 Å². The Hall–Kier alpha value is -3.21. The summed E-state index contributed by atoms with van der Waals surface area (Å²) in [6.07, 6.45) is 0.750. The summed E-state index contributed by atoms with van der Waals surface area (Å²) in [6.45, 7) is 3.78. The van der Waals surface area contributed by atoms with Crippen molar-refractivity contribution in [3.05, 3.63) is 65.0 Å². The first-order valence-electron chi connectivity index (χ1n) is 9.43. The molecule has 2 aromatic rings. The number of guanidine groups is 1. The highest BCUT2D eigenvalue weighted by Crippen LogP contribution is 2.24. The molecule has 1 heterocycles. The van der Waals surface area contributed by atoms with Gasteiger partial charge in [0.2, 0.25) is 0 Å². The van der Waals surface area contributed by atoms with E-state index in [0.717, 1.165) is 12.5 Å². The predicted octanol–water partition coefficient (Wildman–Crippen LogP) is 3.31. The third kappa shape index (κ3) is 5.19. The van der Waals surface area contributed by atoms with E-state index in [1.165, 1.54) is 30.3 Å². The molecule has 5 nitrogen and oxygen atoms in total. The van der Waals surface area contributed by atoms with Gasteiger partial charge >= 0.3 is 0 Å². The molecule has 2 aromatic carbocycles. The molecule has 0 aromatic heterocycles. The molecule has 0 saturated carbocycles. The molecule has 0 bridgehead atoms. The zero-order valence-electron chi connectivity index (χ0n) is 16.1. The van der Waals surface area contributed by atoms with Gasteiger partial charge in [-0.3, -0.25) is 0 Å². The SMILES string of the molecule is CCNC(=NCc1cc(C#N)ccc1F)NC1CCN(c2ccc(F)cc2F)C1. The zero-order chi connectivity index (χ0) is 20.8. The van der Waals surface area contributed by atoms with Gasteiger partial charge in [0, 0.05) is 37.3 Å². The number of hydrogen-bond donors (Lipinski definition) is 2. The number of aliphatic imine (C=N–C) groups is 1. The average molecular weight is 401 g/mol. The predicted molar refractivity (Wildman–Crippen MR) is 106 cm³/mol. The number of nitriles is 1. The van der Waals surface area contributed by atoms with E-state index >= 15 is 0 Å². The maximum Gasteiger partial charge on any atom is 0.191 e. The summed E-state index contributed by atoms with van der Waals surface area (Å²) in [5.74, 6) is -1.09. The quantitative estimate of drug-likeness (QED) is 0.596. The van der Waals surface area contributed by atoms with Gasteiger partial charge in [-0.05, 0) is 43.7 Å². The molecule has 0 radical (unpaired) electrons. The number of nitrogens with zero attached hydrogens (tertiary/aromatic N) is 3. The molecule has 3 rings (SSSR count). The van der Waals surface area contributed by atoms with Gasteiger partial charge in [-0.1, -0.05) is 0 Å². The molecule has 0 spiro atoms. The minimum atomic E-state index is -0.602. The van der Waals surface area contributed by atoms with Gasteiger partial charge in [-0.2, -0.15) is 5.26 Å². The summed E-state index contributed by atoms with van der Waals surface area (Å²) in [5.41, 5.74) is 1.08. The maximum absolute atomic E-state index is 14.0. The molecule has 1 saturated heterocycles. The topological polar surface area (TPSA) is 63.5 Å². The van der Waals surface area contributed by atoms with Crippen molar-refractivity contribution in [2.24, 2.45) is 4.99 Å². The summed E-state index contributed by atoms with van der Waals surface area (Å²) in [4.78, 5) is 6.27. The third-order valence-corrected chi connectivity index (χ3v) is 4.71. The van der Waals surface area contributed by atoms with Gasteiger partial charge < -0.3 is 15.5 Å². The van der Waals surface area contributed by atoms with Gasteiger partial charge in [0.05, 0.1) is 23.9 Å². The van der Waals surface area contributed by atoms with E-state index in [0.29, 0.717) is 42.4 Å². The second-order valence-corrected chi connectivity index (χ2v) is 6.78. The Kier molecular flexibility index (Phi) is 6.60. The fourth-order valence-electron chi connectivity index (χ4n) is 3.28. The van der Waals surface area contributed by atoms with Crippen molar-refractivity contribution in [2.45, 2.75) is 25.9 Å². The molecular weight excluding hydrogens is 379 g/mol. The van der Waals surface area contributed by atoms with Crippen LogP contribution < -0.4 is 15.5 Å². The highest BCUT2D eigenvalue weighted by Gasteiger charge is 2.25. The lowest BCUT2D eigenvalue weighted by Gasteiger charge is -2.21. The number of rotatable bonds is 5. The Balaban J connectivity index is 1.66. The van der Waals surface area contributed by atoms with Crippen LogP contribution in [0.4, 0.5) is 18.9 Å². The smallest absolute Gasteiger partial charge is 0.191 e. The molecule has 152 valence electrons. The summed E-state index contributed by atoms with van der Waals surface area (Å²) < 4.78 is 41.1. The van der Waals surface area contributed by atoms with Crippen molar-refractivity contribution in [2.75, 3.05) is 24.5 Å². The first-order valence-corrected chi connectivity index (χ1v) is 9.43. The van der Waals surface area contributed by atoms with E-state index in [2.05, 4.69) is 15.6 Å². The second kappa shape index (κ2) is 9.32. The number of anilines is 1. The van der Waals surface area contributed by atoms with E-state index < -0.39 is 17.5 Å². The van der Waals surface area contributed by atoms with Gasteiger partial charge in [0.1, 0.15) is 17.5 Å². The van der Waals surface area contributed by atoms with Crippen LogP contribution in [0, 0.1) is 28.8 Å². The highest BCUT2D eigenvalue weighted by molar-refractivity contribution is 5.80. The molecular formula is C21H22F3N5. The number of nitrogens with one attached hydrogen (secondary N) is 2. The molecule has 0 amide bonds. The minimum absolute atomic E-state index is 0.00698. The van der Waals surface area contributed by atoms with Crippen LogP contribution in [0.5, 0.6) is 0 Å². The lowest BCUT2D eigenvalue weighted by Crippen LogP contribution is -2.44. The van der Waals surface area contributed by atoms with Crippen molar-refractivity contribution in [1.29, 1.82) is 5.26 Å². The van der Waals surface area contributed by atoms with E-state index in [1.54, 1.807) is 0 Å². The number of halogens is 3. The van der Waals surface area contributed by atoms with Crippen LogP contribution >= 0.6 is 0 Å². The molecule has 1 aliphatic heterocycles. The molecule has 29 heavy (non-hydrogen) atoms. The van der Waals surface area contributed by atoms with Crippen molar-refractivity contribution in [1.82, 2.24) is 10.6 Å². The fourth-order valence-corrected chi connectivity index (χ4v) is 3.28.